The van der Waals surface area contributed by atoms with Gasteiger partial charge in [-0.05, 0) is 0 Å². The molecule has 1 aliphatic carbocycles. The number of carbonyl (C=O) groups is 2. The standard InChI is InChI=1S/C12H24.C4H4O4/c1-2-4-6-8-10-12-11-9-7-5-3-1;5-3(6)1-2-4(7)8/h1-12H2;1-2H,(H,5,6)(H,7,8)/b;2-1+. The van der Waals surface area contributed by atoms with Crippen LogP contribution in [0.3, 0.4) is 0 Å². The van der Waals surface area contributed by atoms with Crippen molar-refractivity contribution in [1.29, 1.82) is 0 Å². The van der Waals surface area contributed by atoms with Crippen molar-refractivity contribution in [3.05, 3.63) is 12.2 Å². The fraction of sp³-hybridized carbons (Fsp3) is 0.750. The third-order valence-electron chi connectivity index (χ3n) is 3.37. The summed E-state index contributed by atoms with van der Waals surface area (Å²) < 4.78 is 0. The lowest BCUT2D eigenvalue weighted by atomic mass is 10.0. The fourth-order valence-corrected chi connectivity index (χ4v) is 2.26. The SMILES string of the molecule is C1CCCCCCCCCCC1.O=C(O)/C=C/C(=O)O. The highest BCUT2D eigenvalue weighted by molar-refractivity contribution is 5.89. The van der Waals surface area contributed by atoms with Gasteiger partial charge >= 0.3 is 11.9 Å². The molecule has 1 aliphatic rings. The molecule has 0 heterocycles. The van der Waals surface area contributed by atoms with E-state index in [1.165, 1.54) is 77.0 Å². The lowest BCUT2D eigenvalue weighted by Crippen LogP contribution is -1.91. The summed E-state index contributed by atoms with van der Waals surface area (Å²) in [7, 11) is 0. The first-order valence-electron chi connectivity index (χ1n) is 7.77. The van der Waals surface area contributed by atoms with Crippen molar-refractivity contribution in [2.75, 3.05) is 0 Å². The Morgan fingerprint density at radius 2 is 0.650 bits per heavy atom. The smallest absolute Gasteiger partial charge is 0.328 e. The molecule has 0 aromatic carbocycles. The number of carboxylic acid groups (broad SMARTS) is 2. The Hall–Kier alpha value is -1.32. The molecule has 0 radical (unpaired) electrons. The van der Waals surface area contributed by atoms with Crippen LogP contribution >= 0.6 is 0 Å². The van der Waals surface area contributed by atoms with Crippen LogP contribution in [0.5, 0.6) is 0 Å². The van der Waals surface area contributed by atoms with Crippen LogP contribution in [0.2, 0.25) is 0 Å². The second-order valence-corrected chi connectivity index (χ2v) is 5.25. The van der Waals surface area contributed by atoms with Gasteiger partial charge in [0.1, 0.15) is 0 Å². The molecule has 0 amide bonds. The van der Waals surface area contributed by atoms with Crippen LogP contribution in [-0.4, -0.2) is 22.2 Å². The normalized spacial score (nSPS) is 18.2. The molecule has 116 valence electrons. The molecule has 0 bridgehead atoms. The molecular weight excluding hydrogens is 256 g/mol. The number of hydrogen-bond donors (Lipinski definition) is 2. The zero-order valence-electron chi connectivity index (χ0n) is 12.4. The van der Waals surface area contributed by atoms with E-state index in [0.717, 1.165) is 0 Å². The first kappa shape index (κ1) is 18.7. The Balaban J connectivity index is 0.000000396. The molecule has 20 heavy (non-hydrogen) atoms. The second kappa shape index (κ2) is 14.1. The molecule has 0 spiro atoms. The van der Waals surface area contributed by atoms with Gasteiger partial charge in [-0.2, -0.15) is 0 Å². The minimum atomic E-state index is -1.26. The van der Waals surface area contributed by atoms with Crippen LogP contribution in [0.1, 0.15) is 77.0 Å². The van der Waals surface area contributed by atoms with Gasteiger partial charge in [-0.1, -0.05) is 77.0 Å². The van der Waals surface area contributed by atoms with Gasteiger partial charge in [-0.25, -0.2) is 9.59 Å². The molecule has 0 aromatic rings. The lowest BCUT2D eigenvalue weighted by Gasteiger charge is -2.05. The summed E-state index contributed by atoms with van der Waals surface area (Å²) in [4.78, 5) is 19.1. The van der Waals surface area contributed by atoms with Gasteiger partial charge in [0.05, 0.1) is 0 Å². The van der Waals surface area contributed by atoms with Gasteiger partial charge in [0, 0.05) is 12.2 Å². The number of carboxylic acids is 2. The van der Waals surface area contributed by atoms with E-state index in [9.17, 15) is 9.59 Å². The molecule has 1 rings (SSSR count). The first-order chi connectivity index (χ1) is 9.63. The van der Waals surface area contributed by atoms with Crippen LogP contribution in [0.15, 0.2) is 12.2 Å². The maximum Gasteiger partial charge on any atom is 0.328 e. The Morgan fingerprint density at radius 1 is 0.500 bits per heavy atom. The van der Waals surface area contributed by atoms with Gasteiger partial charge in [0.25, 0.3) is 0 Å². The van der Waals surface area contributed by atoms with E-state index in [2.05, 4.69) is 0 Å². The van der Waals surface area contributed by atoms with Crippen LogP contribution in [0.4, 0.5) is 0 Å². The summed E-state index contributed by atoms with van der Waals surface area (Å²) in [6.45, 7) is 0. The minimum absolute atomic E-state index is 0.558. The summed E-state index contributed by atoms with van der Waals surface area (Å²) in [6.07, 6.45) is 19.1. The van der Waals surface area contributed by atoms with Crippen LogP contribution in [0.25, 0.3) is 0 Å². The molecule has 0 unspecified atom stereocenters. The Labute approximate surface area is 121 Å². The first-order valence-corrected chi connectivity index (χ1v) is 7.77. The molecule has 0 aromatic heterocycles. The summed E-state index contributed by atoms with van der Waals surface area (Å²) >= 11 is 0. The van der Waals surface area contributed by atoms with Crippen molar-refractivity contribution >= 4 is 11.9 Å². The van der Waals surface area contributed by atoms with Crippen molar-refractivity contribution in [1.82, 2.24) is 0 Å². The zero-order valence-corrected chi connectivity index (χ0v) is 12.4. The number of aliphatic carboxylic acids is 2. The largest absolute Gasteiger partial charge is 0.478 e. The third-order valence-corrected chi connectivity index (χ3v) is 3.37. The molecule has 0 saturated heterocycles. The monoisotopic (exact) mass is 284 g/mol. The summed E-state index contributed by atoms with van der Waals surface area (Å²) in [5.41, 5.74) is 0. The highest BCUT2D eigenvalue weighted by Gasteiger charge is 1.96. The van der Waals surface area contributed by atoms with E-state index >= 15 is 0 Å². The molecule has 4 nitrogen and oxygen atoms in total. The summed E-state index contributed by atoms with van der Waals surface area (Å²) in [6, 6.07) is 0. The van der Waals surface area contributed by atoms with Gasteiger partial charge in [-0.3, -0.25) is 0 Å². The van der Waals surface area contributed by atoms with Gasteiger partial charge in [0.2, 0.25) is 0 Å². The van der Waals surface area contributed by atoms with E-state index in [-0.39, 0.29) is 0 Å². The van der Waals surface area contributed by atoms with Crippen molar-refractivity contribution in [2.24, 2.45) is 0 Å². The Kier molecular flexibility index (Phi) is 13.2. The maximum atomic E-state index is 9.55. The van der Waals surface area contributed by atoms with E-state index < -0.39 is 11.9 Å². The highest BCUT2D eigenvalue weighted by atomic mass is 16.4. The van der Waals surface area contributed by atoms with E-state index in [1.54, 1.807) is 0 Å². The van der Waals surface area contributed by atoms with Crippen LogP contribution in [-0.2, 0) is 9.59 Å². The Morgan fingerprint density at radius 3 is 0.750 bits per heavy atom. The zero-order chi connectivity index (χ0) is 15.1. The third kappa shape index (κ3) is 16.7. The van der Waals surface area contributed by atoms with Crippen molar-refractivity contribution in [3.63, 3.8) is 0 Å². The predicted octanol–water partition coefficient (Wildman–Crippen LogP) is 4.39. The van der Waals surface area contributed by atoms with Crippen LogP contribution < -0.4 is 0 Å². The van der Waals surface area contributed by atoms with E-state index in [0.29, 0.717) is 12.2 Å². The fourth-order valence-electron chi connectivity index (χ4n) is 2.26. The average molecular weight is 284 g/mol. The van der Waals surface area contributed by atoms with Crippen molar-refractivity contribution in [3.8, 4) is 0 Å². The minimum Gasteiger partial charge on any atom is -0.478 e. The summed E-state index contributed by atoms with van der Waals surface area (Å²) in [5, 5.41) is 15.6. The molecule has 0 atom stereocenters. The van der Waals surface area contributed by atoms with Crippen molar-refractivity contribution in [2.45, 2.75) is 77.0 Å². The highest BCUT2D eigenvalue weighted by Crippen LogP contribution is 2.15. The molecule has 4 heteroatoms. The summed E-state index contributed by atoms with van der Waals surface area (Å²) in [5.74, 6) is -2.51. The quantitative estimate of drug-likeness (QED) is 0.737. The molecule has 0 aliphatic heterocycles. The van der Waals surface area contributed by atoms with Crippen LogP contribution in [0, 0.1) is 0 Å². The van der Waals surface area contributed by atoms with E-state index in [1.807, 2.05) is 0 Å². The van der Waals surface area contributed by atoms with E-state index in [4.69, 9.17) is 10.2 Å². The maximum absolute atomic E-state index is 9.55. The average Bonchev–Trinajstić information content (AvgIpc) is 2.38. The van der Waals surface area contributed by atoms with Gasteiger partial charge in [-0.15, -0.1) is 0 Å². The van der Waals surface area contributed by atoms with Gasteiger partial charge in [0.15, 0.2) is 0 Å². The molecule has 1 saturated carbocycles. The molecular formula is C16H28O4. The number of hydrogen-bond acceptors (Lipinski definition) is 2. The molecule has 1 fully saturated rings. The van der Waals surface area contributed by atoms with Gasteiger partial charge < -0.3 is 10.2 Å². The number of rotatable bonds is 2. The topological polar surface area (TPSA) is 74.6 Å². The second-order valence-electron chi connectivity index (χ2n) is 5.25. The predicted molar refractivity (Wildman–Crippen MR) is 79.8 cm³/mol. The molecule has 2 N–H and O–H groups in total. The lowest BCUT2D eigenvalue weighted by molar-refractivity contribution is -0.134. The van der Waals surface area contributed by atoms with Crippen molar-refractivity contribution < 1.29 is 19.8 Å². The Bertz CT molecular complexity index is 225.